The van der Waals surface area contributed by atoms with Gasteiger partial charge in [-0.15, -0.1) is 0 Å². The van der Waals surface area contributed by atoms with Gasteiger partial charge in [0.25, 0.3) is 0 Å². The van der Waals surface area contributed by atoms with E-state index in [0.717, 1.165) is 11.3 Å². The van der Waals surface area contributed by atoms with Crippen LogP contribution in [-0.4, -0.2) is 9.97 Å². The van der Waals surface area contributed by atoms with E-state index in [-0.39, 0.29) is 5.69 Å². The van der Waals surface area contributed by atoms with Crippen molar-refractivity contribution >= 4 is 5.57 Å². The lowest BCUT2D eigenvalue weighted by atomic mass is 10.2. The number of hydrogen-bond acceptors (Lipinski definition) is 1. The average Bonchev–Trinajstić information content (AvgIpc) is 2.47. The summed E-state index contributed by atoms with van der Waals surface area (Å²) in [5, 5.41) is 0. The second-order valence-electron chi connectivity index (χ2n) is 2.22. The molecule has 1 aromatic rings. The van der Waals surface area contributed by atoms with Crippen LogP contribution in [0.25, 0.3) is 5.57 Å². The van der Waals surface area contributed by atoms with Crippen LogP contribution < -0.4 is 5.69 Å². The molecule has 2 N–H and O–H groups in total. The van der Waals surface area contributed by atoms with Crippen LogP contribution in [0.1, 0.15) is 5.69 Å². The number of H-pyrrole nitrogens is 2. The van der Waals surface area contributed by atoms with Crippen molar-refractivity contribution in [3.8, 4) is 0 Å². The van der Waals surface area contributed by atoms with Gasteiger partial charge < -0.3 is 9.97 Å². The Morgan fingerprint density at radius 2 is 2.25 bits per heavy atom. The van der Waals surface area contributed by atoms with Gasteiger partial charge in [0, 0.05) is 6.20 Å². The molecular weight excluding hydrogens is 152 g/mol. The van der Waals surface area contributed by atoms with Crippen molar-refractivity contribution in [1.29, 1.82) is 0 Å². The number of aromatic amines is 2. The summed E-state index contributed by atoms with van der Waals surface area (Å²) in [5.74, 6) is 0. The summed E-state index contributed by atoms with van der Waals surface area (Å²) in [6.07, 6.45) is 6.66. The first-order valence-corrected chi connectivity index (χ1v) is 3.51. The van der Waals surface area contributed by atoms with Gasteiger partial charge in [0.1, 0.15) is 0 Å². The van der Waals surface area contributed by atoms with Crippen LogP contribution in [0, 0.1) is 0 Å². The maximum Gasteiger partial charge on any atom is 0.323 e. The molecule has 12 heavy (non-hydrogen) atoms. The van der Waals surface area contributed by atoms with E-state index in [0.29, 0.717) is 0 Å². The normalized spacial score (nSPS) is 11.2. The zero-order valence-electron chi connectivity index (χ0n) is 6.63. The quantitative estimate of drug-likeness (QED) is 0.649. The molecule has 0 aliphatic carbocycles. The highest BCUT2D eigenvalue weighted by Gasteiger charge is 1.97. The zero-order chi connectivity index (χ0) is 8.97. The molecule has 3 heteroatoms. The van der Waals surface area contributed by atoms with Crippen LogP contribution in [0.5, 0.6) is 0 Å². The molecule has 1 heterocycles. The van der Waals surface area contributed by atoms with E-state index in [1.54, 1.807) is 24.4 Å². The van der Waals surface area contributed by atoms with Gasteiger partial charge in [-0.05, 0) is 5.57 Å². The number of hydrogen-bond donors (Lipinski definition) is 2. The highest BCUT2D eigenvalue weighted by atomic mass is 16.1. The fourth-order valence-corrected chi connectivity index (χ4v) is 0.882. The molecule has 1 aromatic heterocycles. The van der Waals surface area contributed by atoms with Crippen molar-refractivity contribution in [2.45, 2.75) is 0 Å². The second-order valence-corrected chi connectivity index (χ2v) is 2.22. The molecule has 3 nitrogen and oxygen atoms in total. The molecule has 0 amide bonds. The molecule has 0 spiro atoms. The summed E-state index contributed by atoms with van der Waals surface area (Å²) in [6, 6.07) is 0. The SMILES string of the molecule is C=C/C=C(\C=C)c1c[nH]c(=O)[nH]1. The third-order valence-electron chi connectivity index (χ3n) is 1.42. The minimum absolute atomic E-state index is 0.221. The van der Waals surface area contributed by atoms with Crippen LogP contribution in [0.2, 0.25) is 0 Å². The third kappa shape index (κ3) is 1.63. The average molecular weight is 162 g/mol. The molecule has 0 bridgehead atoms. The first kappa shape index (κ1) is 8.33. The minimum Gasteiger partial charge on any atom is -0.312 e. The molecule has 0 aromatic carbocycles. The van der Waals surface area contributed by atoms with Gasteiger partial charge in [-0.25, -0.2) is 4.79 Å². The van der Waals surface area contributed by atoms with Gasteiger partial charge in [-0.3, -0.25) is 0 Å². The van der Waals surface area contributed by atoms with Gasteiger partial charge in [0.05, 0.1) is 5.69 Å². The Labute approximate surface area is 70.1 Å². The van der Waals surface area contributed by atoms with E-state index in [2.05, 4.69) is 23.1 Å². The van der Waals surface area contributed by atoms with Crippen LogP contribution in [0.3, 0.4) is 0 Å². The molecule has 0 aliphatic rings. The molecule has 62 valence electrons. The number of allylic oxidation sites excluding steroid dienone is 4. The molecule has 0 fully saturated rings. The maximum atomic E-state index is 10.7. The molecule has 0 radical (unpaired) electrons. The van der Waals surface area contributed by atoms with Crippen LogP contribution in [0.15, 0.2) is 42.4 Å². The van der Waals surface area contributed by atoms with E-state index >= 15 is 0 Å². The van der Waals surface area contributed by atoms with Crippen molar-refractivity contribution in [2.24, 2.45) is 0 Å². The van der Waals surface area contributed by atoms with Crippen molar-refractivity contribution in [3.05, 3.63) is 53.8 Å². The molecular formula is C9H10N2O. The smallest absolute Gasteiger partial charge is 0.312 e. The first-order chi connectivity index (χ1) is 5.77. The van der Waals surface area contributed by atoms with Gasteiger partial charge in [0.15, 0.2) is 0 Å². The minimum atomic E-state index is -0.221. The fourth-order valence-electron chi connectivity index (χ4n) is 0.882. The Balaban J connectivity index is 3.10. The molecule has 0 saturated heterocycles. The number of aromatic nitrogens is 2. The van der Waals surface area contributed by atoms with Gasteiger partial charge in [-0.2, -0.15) is 0 Å². The number of rotatable bonds is 3. The summed E-state index contributed by atoms with van der Waals surface area (Å²) < 4.78 is 0. The van der Waals surface area contributed by atoms with Crippen molar-refractivity contribution < 1.29 is 0 Å². The predicted molar refractivity (Wildman–Crippen MR) is 49.8 cm³/mol. The Bertz CT molecular complexity index is 368. The molecule has 0 atom stereocenters. The largest absolute Gasteiger partial charge is 0.323 e. The number of imidazole rings is 1. The summed E-state index contributed by atoms with van der Waals surface area (Å²) >= 11 is 0. The molecule has 1 rings (SSSR count). The lowest BCUT2D eigenvalue weighted by Gasteiger charge is -1.93. The Kier molecular flexibility index (Phi) is 2.48. The van der Waals surface area contributed by atoms with E-state index < -0.39 is 0 Å². The van der Waals surface area contributed by atoms with Crippen LogP contribution in [-0.2, 0) is 0 Å². The molecule has 0 aliphatic heterocycles. The summed E-state index contributed by atoms with van der Waals surface area (Å²) in [4.78, 5) is 15.8. The summed E-state index contributed by atoms with van der Waals surface area (Å²) in [6.45, 7) is 7.17. The van der Waals surface area contributed by atoms with Crippen molar-refractivity contribution in [2.75, 3.05) is 0 Å². The molecule has 0 unspecified atom stereocenters. The Hall–Kier alpha value is -1.77. The monoisotopic (exact) mass is 162 g/mol. The highest BCUT2D eigenvalue weighted by molar-refractivity contribution is 5.71. The van der Waals surface area contributed by atoms with E-state index in [1.807, 2.05) is 0 Å². The van der Waals surface area contributed by atoms with Crippen LogP contribution >= 0.6 is 0 Å². The van der Waals surface area contributed by atoms with E-state index in [1.165, 1.54) is 0 Å². The standard InChI is InChI=1S/C9H10N2O/c1-3-5-7(4-2)8-6-10-9(12)11-8/h3-6H,1-2H2,(H2,10,11,12)/b7-5+. The van der Waals surface area contributed by atoms with Gasteiger partial charge in [-0.1, -0.05) is 31.4 Å². The topological polar surface area (TPSA) is 48.6 Å². The summed E-state index contributed by atoms with van der Waals surface area (Å²) in [5.41, 5.74) is 1.33. The lowest BCUT2D eigenvalue weighted by Crippen LogP contribution is -2.00. The number of nitrogens with one attached hydrogen (secondary N) is 2. The van der Waals surface area contributed by atoms with Crippen molar-refractivity contribution in [1.82, 2.24) is 9.97 Å². The highest BCUT2D eigenvalue weighted by Crippen LogP contribution is 2.09. The van der Waals surface area contributed by atoms with Crippen molar-refractivity contribution in [3.63, 3.8) is 0 Å². The van der Waals surface area contributed by atoms with Gasteiger partial charge in [0.2, 0.25) is 0 Å². The fraction of sp³-hybridized carbons (Fsp3) is 0. The van der Waals surface area contributed by atoms with E-state index in [9.17, 15) is 4.79 Å². The maximum absolute atomic E-state index is 10.7. The third-order valence-corrected chi connectivity index (χ3v) is 1.42. The predicted octanol–water partition coefficient (Wildman–Crippen LogP) is 1.46. The van der Waals surface area contributed by atoms with Crippen LogP contribution in [0.4, 0.5) is 0 Å². The summed E-state index contributed by atoms with van der Waals surface area (Å²) in [7, 11) is 0. The second kappa shape index (κ2) is 3.57. The first-order valence-electron chi connectivity index (χ1n) is 3.51. The zero-order valence-corrected chi connectivity index (χ0v) is 6.63. The van der Waals surface area contributed by atoms with E-state index in [4.69, 9.17) is 0 Å². The Morgan fingerprint density at radius 1 is 1.50 bits per heavy atom. The Morgan fingerprint density at radius 3 is 2.67 bits per heavy atom. The lowest BCUT2D eigenvalue weighted by molar-refractivity contribution is 1.18. The van der Waals surface area contributed by atoms with Gasteiger partial charge >= 0.3 is 5.69 Å². The molecule has 0 saturated carbocycles.